The Morgan fingerprint density at radius 2 is 1.76 bits per heavy atom. The molecule has 0 spiro atoms. The zero-order chi connectivity index (χ0) is 17.9. The van der Waals surface area contributed by atoms with Gasteiger partial charge in [0.25, 0.3) is 0 Å². The van der Waals surface area contributed by atoms with Gasteiger partial charge in [0.2, 0.25) is 10.0 Å². The molecule has 0 amide bonds. The molecule has 1 unspecified atom stereocenters. The first-order valence-corrected chi connectivity index (χ1v) is 9.30. The molecule has 3 rings (SSSR count). The van der Waals surface area contributed by atoms with Gasteiger partial charge in [-0.2, -0.15) is 0 Å². The molecule has 3 aromatic rings. The quantitative estimate of drug-likeness (QED) is 0.689. The number of hydrogen-bond donors (Lipinski definition) is 2. The van der Waals surface area contributed by atoms with E-state index in [2.05, 4.69) is 14.4 Å². The Hall–Kier alpha value is -2.35. The molecule has 0 aliphatic heterocycles. The Labute approximate surface area is 149 Å². The van der Waals surface area contributed by atoms with E-state index in [0.717, 1.165) is 5.56 Å². The maximum Gasteiger partial charge on any atom is 0.357 e. The minimum absolute atomic E-state index is 0.0841. The fourth-order valence-corrected chi connectivity index (χ4v) is 3.74. The average molecular weight is 379 g/mol. The summed E-state index contributed by atoms with van der Waals surface area (Å²) in [5.74, 6) is 0. The molecule has 0 aliphatic rings. The highest BCUT2D eigenvalue weighted by molar-refractivity contribution is 7.89. The first-order chi connectivity index (χ1) is 11.9. The van der Waals surface area contributed by atoms with Crippen LogP contribution >= 0.6 is 11.6 Å². The Morgan fingerprint density at radius 1 is 1.08 bits per heavy atom. The van der Waals surface area contributed by atoms with E-state index in [1.807, 2.05) is 30.3 Å². The fourth-order valence-electron chi connectivity index (χ4n) is 2.40. The molecule has 8 heteroatoms. The molecular formula is C17H15ClN2O4S. The summed E-state index contributed by atoms with van der Waals surface area (Å²) in [5.41, 5.74) is 0.693. The number of benzene rings is 2. The van der Waals surface area contributed by atoms with Crippen molar-refractivity contribution in [3.63, 3.8) is 0 Å². The molecule has 0 fully saturated rings. The lowest BCUT2D eigenvalue weighted by Crippen LogP contribution is -2.30. The minimum Gasteiger partial charge on any atom is -0.339 e. The lowest BCUT2D eigenvalue weighted by atomic mass is 10.0. The van der Waals surface area contributed by atoms with Gasteiger partial charge in [0.05, 0.1) is 16.6 Å². The van der Waals surface area contributed by atoms with E-state index in [-0.39, 0.29) is 4.90 Å². The van der Waals surface area contributed by atoms with Gasteiger partial charge in [-0.25, -0.2) is 23.1 Å². The van der Waals surface area contributed by atoms with E-state index in [9.17, 15) is 13.2 Å². The maximum absolute atomic E-state index is 12.6. The summed E-state index contributed by atoms with van der Waals surface area (Å²) >= 11 is 5.81. The van der Waals surface area contributed by atoms with Crippen LogP contribution in [0.4, 0.5) is 0 Å². The molecule has 6 nitrogen and oxygen atoms in total. The van der Waals surface area contributed by atoms with Gasteiger partial charge in [-0.1, -0.05) is 41.9 Å². The van der Waals surface area contributed by atoms with Crippen LogP contribution in [0.1, 0.15) is 17.3 Å². The van der Waals surface area contributed by atoms with Gasteiger partial charge in [0, 0.05) is 11.1 Å². The van der Waals surface area contributed by atoms with Crippen LogP contribution in [0.5, 0.6) is 0 Å². The smallest absolute Gasteiger partial charge is 0.339 e. The Bertz CT molecular complexity index is 995. The molecule has 1 atom stereocenters. The SMILES string of the molecule is O=c1cc(C(Cc2ccccc2)NS(=O)(=O)c2ccc(Cl)cc2)[nH]o1. The summed E-state index contributed by atoms with van der Waals surface area (Å²) in [6.45, 7) is 0. The van der Waals surface area contributed by atoms with Crippen molar-refractivity contribution in [2.45, 2.75) is 17.4 Å². The number of aromatic amines is 1. The zero-order valence-corrected chi connectivity index (χ0v) is 14.5. The van der Waals surface area contributed by atoms with Crippen LogP contribution in [-0.4, -0.2) is 13.6 Å². The largest absolute Gasteiger partial charge is 0.357 e. The number of rotatable bonds is 6. The molecule has 1 heterocycles. The van der Waals surface area contributed by atoms with Crippen molar-refractivity contribution in [1.82, 2.24) is 9.88 Å². The Morgan fingerprint density at radius 3 is 2.36 bits per heavy atom. The fraction of sp³-hybridized carbons (Fsp3) is 0.118. The van der Waals surface area contributed by atoms with E-state index >= 15 is 0 Å². The Kier molecular flexibility index (Phi) is 5.08. The minimum atomic E-state index is -3.81. The second-order valence-corrected chi connectivity index (χ2v) is 7.59. The first-order valence-electron chi connectivity index (χ1n) is 7.44. The van der Waals surface area contributed by atoms with E-state index in [1.165, 1.54) is 30.3 Å². The van der Waals surface area contributed by atoms with Crippen LogP contribution < -0.4 is 10.3 Å². The summed E-state index contributed by atoms with van der Waals surface area (Å²) in [5, 5.41) is 2.92. The molecule has 1 aromatic heterocycles. The van der Waals surface area contributed by atoms with Crippen molar-refractivity contribution < 1.29 is 12.9 Å². The van der Waals surface area contributed by atoms with Gasteiger partial charge in [-0.3, -0.25) is 0 Å². The molecular weight excluding hydrogens is 364 g/mol. The standard InChI is InChI=1S/C17H15ClN2O4S/c18-13-6-8-14(9-7-13)25(22,23)20-16(15-11-17(21)24-19-15)10-12-4-2-1-3-5-12/h1-9,11,16,19-20H,10H2. The summed E-state index contributed by atoms with van der Waals surface area (Å²) in [6, 6.07) is 15.7. The molecule has 0 saturated carbocycles. The third-order valence-corrected chi connectivity index (χ3v) is 5.36. The number of sulfonamides is 1. The van der Waals surface area contributed by atoms with Crippen molar-refractivity contribution in [2.24, 2.45) is 0 Å². The molecule has 0 aliphatic carbocycles. The van der Waals surface area contributed by atoms with Gasteiger partial charge >= 0.3 is 5.63 Å². The van der Waals surface area contributed by atoms with Crippen molar-refractivity contribution >= 4 is 21.6 Å². The van der Waals surface area contributed by atoms with Crippen molar-refractivity contribution in [3.8, 4) is 0 Å². The lowest BCUT2D eigenvalue weighted by molar-refractivity contribution is 0.377. The van der Waals surface area contributed by atoms with Gasteiger partial charge in [-0.05, 0) is 36.2 Å². The molecule has 130 valence electrons. The van der Waals surface area contributed by atoms with Crippen LogP contribution in [0.15, 0.2) is 74.9 Å². The highest BCUT2D eigenvalue weighted by Gasteiger charge is 2.23. The average Bonchev–Trinajstić information content (AvgIpc) is 3.02. The number of nitrogens with one attached hydrogen (secondary N) is 2. The van der Waals surface area contributed by atoms with Crippen molar-refractivity contribution in [3.05, 3.63) is 87.4 Å². The van der Waals surface area contributed by atoms with Crippen LogP contribution in [0, 0.1) is 0 Å². The van der Waals surface area contributed by atoms with E-state index < -0.39 is 21.7 Å². The van der Waals surface area contributed by atoms with Gasteiger partial charge in [0.15, 0.2) is 0 Å². The van der Waals surface area contributed by atoms with Crippen molar-refractivity contribution in [1.29, 1.82) is 0 Å². The maximum atomic E-state index is 12.6. The van der Waals surface area contributed by atoms with Gasteiger partial charge < -0.3 is 4.52 Å². The van der Waals surface area contributed by atoms with Crippen LogP contribution in [0.3, 0.4) is 0 Å². The third kappa shape index (κ3) is 4.39. The monoisotopic (exact) mass is 378 g/mol. The van der Waals surface area contributed by atoms with Crippen molar-refractivity contribution in [2.75, 3.05) is 0 Å². The molecule has 25 heavy (non-hydrogen) atoms. The third-order valence-electron chi connectivity index (χ3n) is 3.62. The van der Waals surface area contributed by atoms with Gasteiger partial charge in [0.1, 0.15) is 0 Å². The summed E-state index contributed by atoms with van der Waals surface area (Å²) < 4.78 is 32.6. The zero-order valence-electron chi connectivity index (χ0n) is 13.0. The first kappa shape index (κ1) is 17.5. The molecule has 0 radical (unpaired) electrons. The molecule has 2 aromatic carbocycles. The molecule has 2 N–H and O–H groups in total. The summed E-state index contributed by atoms with van der Waals surface area (Å²) in [7, 11) is -3.81. The summed E-state index contributed by atoms with van der Waals surface area (Å²) in [6.07, 6.45) is 0.350. The van der Waals surface area contributed by atoms with E-state index in [0.29, 0.717) is 17.1 Å². The van der Waals surface area contributed by atoms with Crippen LogP contribution in [0.25, 0.3) is 0 Å². The topological polar surface area (TPSA) is 92.2 Å². The number of hydrogen-bond acceptors (Lipinski definition) is 4. The van der Waals surface area contributed by atoms with E-state index in [1.54, 1.807) is 0 Å². The summed E-state index contributed by atoms with van der Waals surface area (Å²) in [4.78, 5) is 11.4. The molecule has 0 bridgehead atoms. The number of H-pyrrole nitrogens is 1. The second kappa shape index (κ2) is 7.26. The van der Waals surface area contributed by atoms with Gasteiger partial charge in [-0.15, -0.1) is 0 Å². The number of aromatic nitrogens is 1. The predicted octanol–water partition coefficient (Wildman–Crippen LogP) is 2.88. The van der Waals surface area contributed by atoms with E-state index in [4.69, 9.17) is 11.6 Å². The predicted molar refractivity (Wildman–Crippen MR) is 94.0 cm³/mol. The Balaban J connectivity index is 1.91. The second-order valence-electron chi connectivity index (χ2n) is 5.44. The number of halogens is 1. The highest BCUT2D eigenvalue weighted by atomic mass is 35.5. The lowest BCUT2D eigenvalue weighted by Gasteiger charge is -2.17. The van der Waals surface area contributed by atoms with Crippen LogP contribution in [0.2, 0.25) is 5.02 Å². The normalized spacial score (nSPS) is 12.8. The van der Waals surface area contributed by atoms with Crippen LogP contribution in [-0.2, 0) is 16.4 Å². The molecule has 0 saturated heterocycles. The highest BCUT2D eigenvalue weighted by Crippen LogP contribution is 2.20.